The Hall–Kier alpha value is -1.47. The van der Waals surface area contributed by atoms with Crippen molar-refractivity contribution < 1.29 is 17.2 Å². The van der Waals surface area contributed by atoms with Gasteiger partial charge >= 0.3 is 0 Å². The van der Waals surface area contributed by atoms with Crippen molar-refractivity contribution in [1.29, 1.82) is 0 Å². The summed E-state index contributed by atoms with van der Waals surface area (Å²) < 4.78 is 53.6. The van der Waals surface area contributed by atoms with Crippen LogP contribution in [0, 0.1) is 25.5 Å². The molecule has 0 fully saturated rings. The van der Waals surface area contributed by atoms with E-state index in [2.05, 4.69) is 20.7 Å². The summed E-state index contributed by atoms with van der Waals surface area (Å²) in [7, 11) is -3.87. The van der Waals surface area contributed by atoms with E-state index in [0.29, 0.717) is 11.1 Å². The molecule has 0 aliphatic rings. The summed E-state index contributed by atoms with van der Waals surface area (Å²) in [5.74, 6) is -0.986. The van der Waals surface area contributed by atoms with Gasteiger partial charge < -0.3 is 0 Å². The summed E-state index contributed by atoms with van der Waals surface area (Å²) in [6.45, 7) is 3.09. The number of anilines is 1. The molecular weight excluding hydrogens is 364 g/mol. The molecule has 0 bridgehead atoms. The molecule has 2 aromatic rings. The normalized spacial score (nSPS) is 11.5. The van der Waals surface area contributed by atoms with E-state index in [9.17, 15) is 17.2 Å². The van der Waals surface area contributed by atoms with Crippen molar-refractivity contribution in [3.8, 4) is 0 Å². The second kappa shape index (κ2) is 5.73. The van der Waals surface area contributed by atoms with E-state index in [1.165, 1.54) is 25.1 Å². The Labute approximate surface area is 130 Å². The Morgan fingerprint density at radius 2 is 1.71 bits per heavy atom. The average molecular weight is 376 g/mol. The minimum absolute atomic E-state index is 0.0243. The van der Waals surface area contributed by atoms with Crippen LogP contribution in [-0.2, 0) is 10.0 Å². The second-order valence-electron chi connectivity index (χ2n) is 4.60. The van der Waals surface area contributed by atoms with Crippen LogP contribution in [0.4, 0.5) is 14.5 Å². The van der Waals surface area contributed by atoms with Gasteiger partial charge in [0.15, 0.2) is 0 Å². The fourth-order valence-electron chi connectivity index (χ4n) is 1.87. The van der Waals surface area contributed by atoms with Crippen molar-refractivity contribution in [2.24, 2.45) is 0 Å². The Morgan fingerprint density at radius 3 is 2.33 bits per heavy atom. The fraction of sp³-hybridized carbons (Fsp3) is 0.143. The van der Waals surface area contributed by atoms with Crippen LogP contribution in [0.25, 0.3) is 0 Å². The number of hydrogen-bond donors (Lipinski definition) is 1. The van der Waals surface area contributed by atoms with E-state index >= 15 is 0 Å². The Morgan fingerprint density at radius 1 is 1.05 bits per heavy atom. The molecule has 0 heterocycles. The Bertz CT molecular complexity index is 807. The highest BCUT2D eigenvalue weighted by Crippen LogP contribution is 2.27. The van der Waals surface area contributed by atoms with Crippen LogP contribution < -0.4 is 4.72 Å². The van der Waals surface area contributed by atoms with Gasteiger partial charge in [-0.1, -0.05) is 0 Å². The lowest BCUT2D eigenvalue weighted by Gasteiger charge is -2.13. The van der Waals surface area contributed by atoms with Crippen molar-refractivity contribution >= 4 is 31.6 Å². The summed E-state index contributed by atoms with van der Waals surface area (Å²) in [5.41, 5.74) is 0.993. The topological polar surface area (TPSA) is 46.2 Å². The van der Waals surface area contributed by atoms with Gasteiger partial charge in [-0.15, -0.1) is 0 Å². The van der Waals surface area contributed by atoms with Crippen molar-refractivity contribution in [3.63, 3.8) is 0 Å². The van der Waals surface area contributed by atoms with Crippen LogP contribution in [0.5, 0.6) is 0 Å². The van der Waals surface area contributed by atoms with Crippen LogP contribution in [0.1, 0.15) is 11.1 Å². The molecule has 2 rings (SSSR count). The van der Waals surface area contributed by atoms with Crippen molar-refractivity contribution in [3.05, 3.63) is 57.6 Å². The van der Waals surface area contributed by atoms with Gasteiger partial charge in [0.25, 0.3) is 10.0 Å². The maximum absolute atomic E-state index is 13.4. The molecule has 0 radical (unpaired) electrons. The van der Waals surface area contributed by atoms with E-state index in [1.807, 2.05) is 0 Å². The standard InChI is InChI=1S/C14H12BrF2NO2S/c1-8-6-12(17)11(15)7-13(8)18-21(19,20)14-4-3-10(16)5-9(14)2/h3-7,18H,1-2H3. The third-order valence-electron chi connectivity index (χ3n) is 2.94. The average Bonchev–Trinajstić information content (AvgIpc) is 2.35. The van der Waals surface area contributed by atoms with E-state index in [-0.39, 0.29) is 15.1 Å². The Kier molecular flexibility index (Phi) is 4.34. The number of aryl methyl sites for hydroxylation is 2. The van der Waals surface area contributed by atoms with Crippen LogP contribution in [0.3, 0.4) is 0 Å². The largest absolute Gasteiger partial charge is 0.279 e. The van der Waals surface area contributed by atoms with Gasteiger partial charge in [0.05, 0.1) is 15.1 Å². The second-order valence-corrected chi connectivity index (χ2v) is 7.10. The first-order chi connectivity index (χ1) is 9.70. The zero-order valence-electron chi connectivity index (χ0n) is 11.2. The van der Waals surface area contributed by atoms with Crippen molar-refractivity contribution in [2.45, 2.75) is 18.7 Å². The lowest BCUT2D eigenvalue weighted by Crippen LogP contribution is -2.15. The van der Waals surface area contributed by atoms with Crippen LogP contribution >= 0.6 is 15.9 Å². The summed E-state index contributed by atoms with van der Waals surface area (Å²) in [4.78, 5) is -0.0243. The molecule has 0 aliphatic carbocycles. The van der Waals surface area contributed by atoms with Gasteiger partial charge in [-0.3, -0.25) is 4.72 Å². The molecule has 21 heavy (non-hydrogen) atoms. The molecule has 0 unspecified atom stereocenters. The molecule has 0 saturated heterocycles. The van der Waals surface area contributed by atoms with Crippen LogP contribution in [-0.4, -0.2) is 8.42 Å². The summed E-state index contributed by atoms with van der Waals surface area (Å²) in [6, 6.07) is 5.98. The minimum Gasteiger partial charge on any atom is -0.279 e. The molecule has 3 nitrogen and oxygen atoms in total. The first-order valence-corrected chi connectivity index (χ1v) is 8.23. The first-order valence-electron chi connectivity index (χ1n) is 5.95. The molecule has 0 atom stereocenters. The predicted molar refractivity (Wildman–Crippen MR) is 80.8 cm³/mol. The molecule has 0 spiro atoms. The van der Waals surface area contributed by atoms with Gasteiger partial charge in [0.1, 0.15) is 11.6 Å². The molecule has 2 aromatic carbocycles. The minimum atomic E-state index is -3.87. The molecule has 112 valence electrons. The van der Waals surface area contributed by atoms with Gasteiger partial charge in [0, 0.05) is 0 Å². The quantitative estimate of drug-likeness (QED) is 0.875. The van der Waals surface area contributed by atoms with Gasteiger partial charge in [-0.05, 0) is 71.2 Å². The van der Waals surface area contributed by atoms with Crippen molar-refractivity contribution in [2.75, 3.05) is 4.72 Å². The Balaban J connectivity index is 2.45. The molecular formula is C14H12BrF2NO2S. The highest BCUT2D eigenvalue weighted by Gasteiger charge is 2.19. The van der Waals surface area contributed by atoms with Gasteiger partial charge in [-0.2, -0.15) is 0 Å². The first kappa shape index (κ1) is 15.9. The maximum Gasteiger partial charge on any atom is 0.262 e. The van der Waals surface area contributed by atoms with Crippen LogP contribution in [0.15, 0.2) is 39.7 Å². The highest BCUT2D eigenvalue weighted by molar-refractivity contribution is 9.10. The molecule has 0 saturated carbocycles. The zero-order valence-corrected chi connectivity index (χ0v) is 13.6. The molecule has 0 amide bonds. The van der Waals surface area contributed by atoms with Crippen molar-refractivity contribution in [1.82, 2.24) is 0 Å². The highest BCUT2D eigenvalue weighted by atomic mass is 79.9. The van der Waals surface area contributed by atoms with Gasteiger partial charge in [-0.25, -0.2) is 17.2 Å². The monoisotopic (exact) mass is 375 g/mol. The fourth-order valence-corrected chi connectivity index (χ4v) is 3.56. The third-order valence-corrected chi connectivity index (χ3v) is 5.07. The third kappa shape index (κ3) is 3.41. The lowest BCUT2D eigenvalue weighted by molar-refractivity contribution is 0.598. The summed E-state index contributed by atoms with van der Waals surface area (Å²) in [5, 5.41) is 0. The number of hydrogen-bond acceptors (Lipinski definition) is 2. The van der Waals surface area contributed by atoms with E-state index in [1.54, 1.807) is 6.92 Å². The van der Waals surface area contributed by atoms with Gasteiger partial charge in [0.2, 0.25) is 0 Å². The summed E-state index contributed by atoms with van der Waals surface area (Å²) >= 11 is 3.01. The number of sulfonamides is 1. The number of benzene rings is 2. The SMILES string of the molecule is Cc1cc(F)c(Br)cc1NS(=O)(=O)c1ccc(F)cc1C. The molecule has 7 heteroatoms. The predicted octanol–water partition coefficient (Wildman–Crippen LogP) is 4.14. The van der Waals surface area contributed by atoms with E-state index in [0.717, 1.165) is 12.1 Å². The molecule has 0 aliphatic heterocycles. The number of halogens is 3. The molecule has 0 aromatic heterocycles. The van der Waals surface area contributed by atoms with E-state index < -0.39 is 21.7 Å². The molecule has 1 N–H and O–H groups in total. The maximum atomic E-state index is 13.4. The lowest BCUT2D eigenvalue weighted by atomic mass is 10.2. The smallest absolute Gasteiger partial charge is 0.262 e. The number of rotatable bonds is 3. The number of nitrogens with one attached hydrogen (secondary N) is 1. The summed E-state index contributed by atoms with van der Waals surface area (Å²) in [6.07, 6.45) is 0. The van der Waals surface area contributed by atoms with Crippen LogP contribution in [0.2, 0.25) is 0 Å². The van der Waals surface area contributed by atoms with E-state index in [4.69, 9.17) is 0 Å². The zero-order chi connectivity index (χ0) is 15.8.